The lowest BCUT2D eigenvalue weighted by Crippen LogP contribution is -2.54. The molecule has 6 nitrogen and oxygen atoms in total. The number of hydrogen-bond acceptors (Lipinski definition) is 3. The maximum Gasteiger partial charge on any atom is 0.335 e. The molecule has 1 fully saturated rings. The summed E-state index contributed by atoms with van der Waals surface area (Å²) < 4.78 is 0. The molecule has 0 saturated carbocycles. The first-order valence-electron chi connectivity index (χ1n) is 7.14. The summed E-state index contributed by atoms with van der Waals surface area (Å²) in [5.74, 6) is -0.975. The van der Waals surface area contributed by atoms with Crippen molar-refractivity contribution in [2.45, 2.75) is 19.9 Å². The highest BCUT2D eigenvalue weighted by atomic mass is 16.4. The maximum atomic E-state index is 12.2. The van der Waals surface area contributed by atoms with E-state index in [-0.39, 0.29) is 11.6 Å². The summed E-state index contributed by atoms with van der Waals surface area (Å²) in [7, 11) is 0. The highest BCUT2D eigenvalue weighted by molar-refractivity contribution is 5.91. The summed E-state index contributed by atoms with van der Waals surface area (Å²) >= 11 is 0. The quantitative estimate of drug-likeness (QED) is 0.892. The molecule has 2 N–H and O–H groups in total. The lowest BCUT2D eigenvalue weighted by Gasteiger charge is -2.39. The van der Waals surface area contributed by atoms with Crippen LogP contribution in [0.15, 0.2) is 24.3 Å². The number of urea groups is 1. The zero-order valence-electron chi connectivity index (χ0n) is 12.4. The molecule has 1 aromatic rings. The van der Waals surface area contributed by atoms with Crippen molar-refractivity contribution in [1.82, 2.24) is 9.80 Å². The molecule has 1 unspecified atom stereocenters. The van der Waals surface area contributed by atoms with E-state index in [4.69, 9.17) is 5.11 Å². The maximum absolute atomic E-state index is 12.2. The number of piperazine rings is 1. The van der Waals surface area contributed by atoms with Gasteiger partial charge in [0.2, 0.25) is 0 Å². The van der Waals surface area contributed by atoms with Crippen LogP contribution in [-0.2, 0) is 0 Å². The molecule has 0 bridgehead atoms. The molecule has 6 heteroatoms. The Hall–Kier alpha value is -2.08. The Kier molecular flexibility index (Phi) is 4.80. The monoisotopic (exact) mass is 291 g/mol. The van der Waals surface area contributed by atoms with Crippen molar-refractivity contribution in [3.05, 3.63) is 29.8 Å². The average Bonchev–Trinajstić information content (AvgIpc) is 2.47. The van der Waals surface area contributed by atoms with E-state index >= 15 is 0 Å². The molecule has 2 amide bonds. The normalized spacial score (nSPS) is 19.3. The highest BCUT2D eigenvalue weighted by Gasteiger charge is 2.25. The fourth-order valence-corrected chi connectivity index (χ4v) is 2.55. The smallest absolute Gasteiger partial charge is 0.335 e. The van der Waals surface area contributed by atoms with Crippen molar-refractivity contribution in [1.29, 1.82) is 0 Å². The van der Waals surface area contributed by atoms with Crippen LogP contribution < -0.4 is 5.32 Å². The van der Waals surface area contributed by atoms with E-state index in [1.54, 1.807) is 17.0 Å². The van der Waals surface area contributed by atoms with Crippen molar-refractivity contribution in [2.75, 3.05) is 31.5 Å². The van der Waals surface area contributed by atoms with E-state index in [2.05, 4.69) is 24.1 Å². The van der Waals surface area contributed by atoms with Gasteiger partial charge in [0.25, 0.3) is 0 Å². The number of carboxylic acid groups (broad SMARTS) is 1. The van der Waals surface area contributed by atoms with Gasteiger partial charge in [-0.2, -0.15) is 0 Å². The van der Waals surface area contributed by atoms with Gasteiger partial charge >= 0.3 is 12.0 Å². The Balaban J connectivity index is 1.94. The summed E-state index contributed by atoms with van der Waals surface area (Å²) in [6.45, 7) is 7.52. The van der Waals surface area contributed by atoms with E-state index in [0.29, 0.717) is 24.8 Å². The topological polar surface area (TPSA) is 72.9 Å². The lowest BCUT2D eigenvalue weighted by atomic mass is 10.2. The average molecular weight is 291 g/mol. The molecule has 114 valence electrons. The molecule has 2 rings (SSSR count). The van der Waals surface area contributed by atoms with Crippen molar-refractivity contribution in [2.24, 2.45) is 0 Å². The second-order valence-electron chi connectivity index (χ2n) is 5.24. The van der Waals surface area contributed by atoms with Crippen LogP contribution in [0.5, 0.6) is 0 Å². The van der Waals surface area contributed by atoms with E-state index in [9.17, 15) is 9.59 Å². The molecule has 21 heavy (non-hydrogen) atoms. The second kappa shape index (κ2) is 6.58. The van der Waals surface area contributed by atoms with Gasteiger partial charge in [-0.3, -0.25) is 4.90 Å². The zero-order chi connectivity index (χ0) is 15.4. The van der Waals surface area contributed by atoms with Crippen LogP contribution in [0.4, 0.5) is 10.5 Å². The molecular weight excluding hydrogens is 270 g/mol. The molecule has 0 aromatic heterocycles. The SMILES string of the molecule is CCN1CCN(C(=O)Nc2ccc(C(=O)O)cc2)CC1C. The number of aromatic carboxylic acids is 1. The molecule has 1 aromatic carbocycles. The third-order valence-corrected chi connectivity index (χ3v) is 3.84. The third kappa shape index (κ3) is 3.72. The van der Waals surface area contributed by atoms with Crippen LogP contribution in [0.3, 0.4) is 0 Å². The van der Waals surface area contributed by atoms with Crippen LogP contribution >= 0.6 is 0 Å². The molecule has 1 saturated heterocycles. The molecule has 1 atom stereocenters. The van der Waals surface area contributed by atoms with Gasteiger partial charge in [-0.15, -0.1) is 0 Å². The number of benzene rings is 1. The summed E-state index contributed by atoms with van der Waals surface area (Å²) in [5.41, 5.74) is 0.814. The van der Waals surface area contributed by atoms with Gasteiger partial charge in [0.15, 0.2) is 0 Å². The zero-order valence-corrected chi connectivity index (χ0v) is 12.4. The summed E-state index contributed by atoms with van der Waals surface area (Å²) in [4.78, 5) is 27.1. The van der Waals surface area contributed by atoms with Gasteiger partial charge in [-0.05, 0) is 37.7 Å². The Morgan fingerprint density at radius 1 is 1.29 bits per heavy atom. The molecule has 1 aliphatic heterocycles. The van der Waals surface area contributed by atoms with Gasteiger partial charge < -0.3 is 15.3 Å². The number of carbonyl (C=O) groups is 2. The van der Waals surface area contributed by atoms with Crippen molar-refractivity contribution < 1.29 is 14.7 Å². The number of hydrogen-bond donors (Lipinski definition) is 2. The van der Waals surface area contributed by atoms with Crippen molar-refractivity contribution >= 4 is 17.7 Å². The fraction of sp³-hybridized carbons (Fsp3) is 0.467. The second-order valence-corrected chi connectivity index (χ2v) is 5.24. The van der Waals surface area contributed by atoms with Gasteiger partial charge in [-0.1, -0.05) is 6.92 Å². The number of rotatable bonds is 3. The van der Waals surface area contributed by atoms with Crippen LogP contribution in [0, 0.1) is 0 Å². The number of anilines is 1. The summed E-state index contributed by atoms with van der Waals surface area (Å²) in [6.07, 6.45) is 0. The van der Waals surface area contributed by atoms with Crippen LogP contribution in [0.2, 0.25) is 0 Å². The van der Waals surface area contributed by atoms with E-state index in [1.165, 1.54) is 12.1 Å². The molecule has 0 aliphatic carbocycles. The Bertz CT molecular complexity index is 515. The van der Waals surface area contributed by atoms with E-state index < -0.39 is 5.97 Å². The molecule has 1 heterocycles. The van der Waals surface area contributed by atoms with Crippen LogP contribution in [0.25, 0.3) is 0 Å². The van der Waals surface area contributed by atoms with Gasteiger partial charge in [0.05, 0.1) is 5.56 Å². The number of carbonyl (C=O) groups excluding carboxylic acids is 1. The van der Waals surface area contributed by atoms with Crippen molar-refractivity contribution in [3.8, 4) is 0 Å². The van der Waals surface area contributed by atoms with Gasteiger partial charge in [-0.25, -0.2) is 9.59 Å². The van der Waals surface area contributed by atoms with Crippen LogP contribution in [0.1, 0.15) is 24.2 Å². The Morgan fingerprint density at radius 2 is 1.95 bits per heavy atom. The largest absolute Gasteiger partial charge is 0.478 e. The summed E-state index contributed by atoms with van der Waals surface area (Å²) in [6, 6.07) is 6.38. The first-order valence-corrected chi connectivity index (χ1v) is 7.14. The minimum Gasteiger partial charge on any atom is -0.478 e. The Labute approximate surface area is 124 Å². The van der Waals surface area contributed by atoms with Crippen LogP contribution in [-0.4, -0.2) is 59.1 Å². The van der Waals surface area contributed by atoms with E-state index in [0.717, 1.165) is 13.1 Å². The predicted molar refractivity (Wildman–Crippen MR) is 80.7 cm³/mol. The van der Waals surface area contributed by atoms with Gasteiger partial charge in [0, 0.05) is 31.4 Å². The number of amides is 2. The number of likely N-dealkylation sites (N-methyl/N-ethyl adjacent to an activating group) is 1. The minimum absolute atomic E-state index is 0.138. The molecule has 1 aliphatic rings. The molecule has 0 spiro atoms. The Morgan fingerprint density at radius 3 is 2.48 bits per heavy atom. The molecule has 0 radical (unpaired) electrons. The highest BCUT2D eigenvalue weighted by Crippen LogP contribution is 2.13. The van der Waals surface area contributed by atoms with E-state index in [1.807, 2.05) is 0 Å². The number of carboxylic acids is 1. The number of nitrogens with zero attached hydrogens (tertiary/aromatic N) is 2. The fourth-order valence-electron chi connectivity index (χ4n) is 2.55. The number of nitrogens with one attached hydrogen (secondary N) is 1. The predicted octanol–water partition coefficient (Wildman–Crippen LogP) is 1.94. The standard InChI is InChI=1S/C15H21N3O3/c1-3-17-8-9-18(10-11(17)2)15(21)16-13-6-4-12(5-7-13)14(19)20/h4-7,11H,3,8-10H2,1-2H3,(H,16,21)(H,19,20). The first-order chi connectivity index (χ1) is 10.0. The lowest BCUT2D eigenvalue weighted by molar-refractivity contribution is 0.0697. The first kappa shape index (κ1) is 15.3. The summed E-state index contributed by atoms with van der Waals surface area (Å²) in [5, 5.41) is 11.6. The minimum atomic E-state index is -0.975. The van der Waals surface area contributed by atoms with Crippen molar-refractivity contribution in [3.63, 3.8) is 0 Å². The third-order valence-electron chi connectivity index (χ3n) is 3.84. The molecular formula is C15H21N3O3. The van der Waals surface area contributed by atoms with Gasteiger partial charge in [0.1, 0.15) is 0 Å².